The fraction of sp³-hybridized carbons (Fsp3) is 0. The standard InChI is InChI=1S/C23H15IN2O4S/c24-19-11-6-14(13-20(19)27)12-18-21(28)25-23(31)26(22(18)29)15-7-9-17(10-8-15)30-16-4-2-1-3-5-16/h1-13,27H,(H,25,28,31). The van der Waals surface area contributed by atoms with Crippen molar-refractivity contribution in [2.45, 2.75) is 0 Å². The van der Waals surface area contributed by atoms with Gasteiger partial charge in [0.1, 0.15) is 22.8 Å². The number of benzene rings is 3. The molecule has 0 unspecified atom stereocenters. The summed E-state index contributed by atoms with van der Waals surface area (Å²) in [5.74, 6) is 0.217. The highest BCUT2D eigenvalue weighted by molar-refractivity contribution is 14.1. The van der Waals surface area contributed by atoms with Crippen LogP contribution in [0.2, 0.25) is 0 Å². The number of ether oxygens (including phenoxy) is 1. The van der Waals surface area contributed by atoms with E-state index in [1.807, 2.05) is 52.9 Å². The van der Waals surface area contributed by atoms with Crippen LogP contribution in [0, 0.1) is 3.57 Å². The molecule has 0 atom stereocenters. The van der Waals surface area contributed by atoms with Crippen LogP contribution in [0.5, 0.6) is 17.2 Å². The van der Waals surface area contributed by atoms with Crippen molar-refractivity contribution in [3.8, 4) is 17.2 Å². The lowest BCUT2D eigenvalue weighted by Gasteiger charge is -2.29. The van der Waals surface area contributed by atoms with Gasteiger partial charge in [-0.25, -0.2) is 0 Å². The Morgan fingerprint density at radius 2 is 1.65 bits per heavy atom. The van der Waals surface area contributed by atoms with E-state index in [0.717, 1.165) is 0 Å². The molecular weight excluding hydrogens is 527 g/mol. The molecule has 0 radical (unpaired) electrons. The molecule has 154 valence electrons. The highest BCUT2D eigenvalue weighted by Crippen LogP contribution is 2.28. The van der Waals surface area contributed by atoms with Crippen LogP contribution in [0.1, 0.15) is 5.56 Å². The van der Waals surface area contributed by atoms with Crippen LogP contribution in [0.4, 0.5) is 5.69 Å². The first-order valence-corrected chi connectivity index (χ1v) is 10.6. The van der Waals surface area contributed by atoms with Crippen molar-refractivity contribution in [2.24, 2.45) is 0 Å². The molecule has 0 aromatic heterocycles. The molecule has 31 heavy (non-hydrogen) atoms. The number of aromatic hydroxyl groups is 1. The summed E-state index contributed by atoms with van der Waals surface area (Å²) < 4.78 is 6.44. The van der Waals surface area contributed by atoms with Crippen molar-refractivity contribution in [2.75, 3.05) is 4.90 Å². The molecule has 0 saturated carbocycles. The number of carbonyl (C=O) groups is 2. The number of anilines is 1. The van der Waals surface area contributed by atoms with E-state index in [2.05, 4.69) is 5.32 Å². The van der Waals surface area contributed by atoms with Crippen molar-refractivity contribution >= 4 is 63.5 Å². The largest absolute Gasteiger partial charge is 0.507 e. The van der Waals surface area contributed by atoms with Gasteiger partial charge in [0.05, 0.1) is 9.26 Å². The Bertz CT molecular complexity index is 1210. The predicted molar refractivity (Wildman–Crippen MR) is 130 cm³/mol. The van der Waals surface area contributed by atoms with E-state index in [1.165, 1.54) is 17.0 Å². The van der Waals surface area contributed by atoms with Crippen molar-refractivity contribution in [1.82, 2.24) is 5.32 Å². The number of para-hydroxylation sites is 1. The van der Waals surface area contributed by atoms with Gasteiger partial charge in [0, 0.05) is 0 Å². The van der Waals surface area contributed by atoms with Gasteiger partial charge < -0.3 is 9.84 Å². The second-order valence-corrected chi connectivity index (χ2v) is 8.13. The van der Waals surface area contributed by atoms with Crippen LogP contribution in [0.15, 0.2) is 78.4 Å². The Morgan fingerprint density at radius 1 is 0.968 bits per heavy atom. The van der Waals surface area contributed by atoms with Crippen molar-refractivity contribution < 1.29 is 19.4 Å². The van der Waals surface area contributed by atoms with Gasteiger partial charge >= 0.3 is 0 Å². The molecule has 6 nitrogen and oxygen atoms in total. The number of halogens is 1. The van der Waals surface area contributed by atoms with E-state index in [-0.39, 0.29) is 16.4 Å². The maximum absolute atomic E-state index is 13.1. The molecular formula is C23H15IN2O4S. The minimum absolute atomic E-state index is 0.00525. The van der Waals surface area contributed by atoms with Gasteiger partial charge in [-0.3, -0.25) is 19.8 Å². The molecule has 0 spiro atoms. The van der Waals surface area contributed by atoms with Gasteiger partial charge in [0.25, 0.3) is 11.8 Å². The first-order valence-electron chi connectivity index (χ1n) is 9.15. The van der Waals surface area contributed by atoms with E-state index in [0.29, 0.717) is 26.3 Å². The zero-order valence-corrected chi connectivity index (χ0v) is 18.9. The number of thiocarbonyl (C=S) groups is 1. The van der Waals surface area contributed by atoms with Crippen LogP contribution < -0.4 is 15.0 Å². The van der Waals surface area contributed by atoms with Gasteiger partial charge in [0.15, 0.2) is 5.11 Å². The van der Waals surface area contributed by atoms with Gasteiger partial charge in [-0.15, -0.1) is 0 Å². The maximum atomic E-state index is 13.1. The summed E-state index contributed by atoms with van der Waals surface area (Å²) in [4.78, 5) is 26.8. The lowest BCUT2D eigenvalue weighted by molar-refractivity contribution is -0.122. The number of nitrogens with one attached hydrogen (secondary N) is 1. The summed E-state index contributed by atoms with van der Waals surface area (Å²) >= 11 is 7.22. The summed E-state index contributed by atoms with van der Waals surface area (Å²) in [6, 6.07) is 21.0. The summed E-state index contributed by atoms with van der Waals surface area (Å²) in [7, 11) is 0. The van der Waals surface area contributed by atoms with Crippen LogP contribution in [0.3, 0.4) is 0 Å². The van der Waals surface area contributed by atoms with E-state index in [1.54, 1.807) is 36.4 Å². The molecule has 1 fully saturated rings. The van der Waals surface area contributed by atoms with Crippen molar-refractivity contribution in [3.05, 3.63) is 87.5 Å². The Balaban J connectivity index is 1.61. The van der Waals surface area contributed by atoms with Crippen molar-refractivity contribution in [1.29, 1.82) is 0 Å². The molecule has 3 aromatic carbocycles. The number of amides is 2. The van der Waals surface area contributed by atoms with Gasteiger partial charge in [0.2, 0.25) is 0 Å². The molecule has 2 amide bonds. The molecule has 4 rings (SSSR count). The third-order valence-electron chi connectivity index (χ3n) is 4.46. The number of hydrogen-bond donors (Lipinski definition) is 2. The fourth-order valence-electron chi connectivity index (χ4n) is 2.97. The molecule has 1 aliphatic rings. The Kier molecular flexibility index (Phi) is 6.01. The smallest absolute Gasteiger partial charge is 0.270 e. The molecule has 8 heteroatoms. The second-order valence-electron chi connectivity index (χ2n) is 6.58. The maximum Gasteiger partial charge on any atom is 0.270 e. The number of rotatable bonds is 4. The van der Waals surface area contributed by atoms with E-state index in [9.17, 15) is 14.7 Å². The van der Waals surface area contributed by atoms with Crippen molar-refractivity contribution in [3.63, 3.8) is 0 Å². The third kappa shape index (κ3) is 4.59. The SMILES string of the molecule is O=C1NC(=S)N(c2ccc(Oc3ccccc3)cc2)C(=O)C1=Cc1ccc(I)c(O)c1. The molecule has 1 saturated heterocycles. The predicted octanol–water partition coefficient (Wildman–Crippen LogP) is 4.62. The minimum Gasteiger partial charge on any atom is -0.507 e. The summed E-state index contributed by atoms with van der Waals surface area (Å²) in [5, 5.41) is 12.4. The molecule has 3 aromatic rings. The minimum atomic E-state index is -0.590. The summed E-state index contributed by atoms with van der Waals surface area (Å²) in [6.07, 6.45) is 1.43. The number of nitrogens with zero attached hydrogens (tertiary/aromatic N) is 1. The van der Waals surface area contributed by atoms with Gasteiger partial charge in [-0.05, 0) is 95.0 Å². The summed E-state index contributed by atoms with van der Waals surface area (Å²) in [6.45, 7) is 0. The van der Waals surface area contributed by atoms with E-state index >= 15 is 0 Å². The zero-order valence-electron chi connectivity index (χ0n) is 15.9. The average molecular weight is 542 g/mol. The Labute approximate surface area is 197 Å². The third-order valence-corrected chi connectivity index (χ3v) is 5.65. The van der Waals surface area contributed by atoms with Crippen LogP contribution in [0.25, 0.3) is 6.08 Å². The van der Waals surface area contributed by atoms with Crippen LogP contribution >= 0.6 is 34.8 Å². The Morgan fingerprint density at radius 3 is 2.32 bits per heavy atom. The first kappa shape index (κ1) is 21.0. The average Bonchev–Trinajstić information content (AvgIpc) is 2.75. The Hall–Kier alpha value is -3.24. The summed E-state index contributed by atoms with van der Waals surface area (Å²) in [5.41, 5.74) is 0.932. The quantitative estimate of drug-likeness (QED) is 0.218. The van der Waals surface area contributed by atoms with E-state index in [4.69, 9.17) is 17.0 Å². The molecule has 0 aliphatic carbocycles. The zero-order chi connectivity index (χ0) is 22.0. The molecule has 1 aliphatic heterocycles. The van der Waals surface area contributed by atoms with Gasteiger partial charge in [-0.2, -0.15) is 0 Å². The number of phenols is 1. The van der Waals surface area contributed by atoms with Crippen LogP contribution in [-0.4, -0.2) is 22.0 Å². The lowest BCUT2D eigenvalue weighted by atomic mass is 10.1. The van der Waals surface area contributed by atoms with E-state index < -0.39 is 11.8 Å². The first-order chi connectivity index (χ1) is 14.9. The monoisotopic (exact) mass is 542 g/mol. The number of hydrogen-bond acceptors (Lipinski definition) is 5. The molecule has 0 bridgehead atoms. The number of phenolic OH excluding ortho intramolecular Hbond substituents is 1. The van der Waals surface area contributed by atoms with Gasteiger partial charge in [-0.1, -0.05) is 24.3 Å². The van der Waals surface area contributed by atoms with Crippen LogP contribution in [-0.2, 0) is 9.59 Å². The number of carbonyl (C=O) groups excluding carboxylic acids is 2. The lowest BCUT2D eigenvalue weighted by Crippen LogP contribution is -2.54. The molecule has 1 heterocycles. The topological polar surface area (TPSA) is 78.9 Å². The normalized spacial score (nSPS) is 15.2. The fourth-order valence-corrected chi connectivity index (χ4v) is 3.58. The highest BCUT2D eigenvalue weighted by atomic mass is 127. The highest BCUT2D eigenvalue weighted by Gasteiger charge is 2.34. The molecule has 2 N–H and O–H groups in total. The second kappa shape index (κ2) is 8.86.